The van der Waals surface area contributed by atoms with E-state index >= 15 is 0 Å². The highest BCUT2D eigenvalue weighted by Gasteiger charge is 2.44. The Morgan fingerprint density at radius 2 is 2.08 bits per heavy atom. The first-order valence-electron chi connectivity index (χ1n) is 17.9. The van der Waals surface area contributed by atoms with Crippen molar-refractivity contribution in [3.63, 3.8) is 0 Å². The molecule has 4 aromatic heterocycles. The maximum Gasteiger partial charge on any atom is 0.410 e. The van der Waals surface area contributed by atoms with Crippen molar-refractivity contribution < 1.29 is 18.8 Å². The number of carbonyl (C=O) groups excluding carboxylic acids is 1. The van der Waals surface area contributed by atoms with Gasteiger partial charge >= 0.3 is 6.09 Å². The minimum atomic E-state index is -0.585. The number of amides is 1. The van der Waals surface area contributed by atoms with Crippen molar-refractivity contribution in [1.82, 2.24) is 34.7 Å². The Bertz CT molecular complexity index is 1980. The molecule has 1 amide bonds. The van der Waals surface area contributed by atoms with E-state index in [1.807, 2.05) is 33.0 Å². The lowest BCUT2D eigenvalue weighted by Gasteiger charge is -2.33. The normalized spacial score (nSPS) is 21.0. The predicted molar refractivity (Wildman–Crippen MR) is 193 cm³/mol. The molecule has 0 bridgehead atoms. The van der Waals surface area contributed by atoms with E-state index in [0.29, 0.717) is 53.3 Å². The molecule has 1 aliphatic carbocycles. The van der Waals surface area contributed by atoms with Crippen LogP contribution >= 0.6 is 11.3 Å². The molecule has 0 saturated carbocycles. The van der Waals surface area contributed by atoms with Crippen molar-refractivity contribution in [2.24, 2.45) is 0 Å². The number of thiophene rings is 1. The van der Waals surface area contributed by atoms with E-state index in [-0.39, 0.29) is 18.2 Å². The summed E-state index contributed by atoms with van der Waals surface area (Å²) in [6, 6.07) is 4.45. The fraction of sp³-hybridized carbons (Fsp3) is 0.568. The first-order valence-corrected chi connectivity index (χ1v) is 18.7. The van der Waals surface area contributed by atoms with Gasteiger partial charge in [0.15, 0.2) is 23.1 Å². The molecule has 1 fully saturated rings. The van der Waals surface area contributed by atoms with Gasteiger partial charge in [0.05, 0.1) is 29.8 Å². The summed E-state index contributed by atoms with van der Waals surface area (Å²) in [5, 5.41) is 20.2. The molecule has 2 aliphatic heterocycles. The Balaban J connectivity index is 1.29. The van der Waals surface area contributed by atoms with Gasteiger partial charge in [0, 0.05) is 34.3 Å². The SMILES string of the molecule is CCCc1c(-c2nc(O[C@@H](C)[C@@H]3CCCN3C)cc(-n3cc4c(n3)CN(C(=O)OC(C)(C)C)C4)n2)noc1[C@@]1(C)CCCc2sc(N)c(C#N)c21. The minimum absolute atomic E-state index is 0.117. The lowest BCUT2D eigenvalue weighted by atomic mass is 9.69. The van der Waals surface area contributed by atoms with Gasteiger partial charge in [0.2, 0.25) is 5.88 Å². The smallest absolute Gasteiger partial charge is 0.410 e. The van der Waals surface area contributed by atoms with Crippen LogP contribution in [0.15, 0.2) is 16.8 Å². The number of aryl methyl sites for hydroxylation is 1. The van der Waals surface area contributed by atoms with Crippen LogP contribution in [0.1, 0.15) is 112 Å². The van der Waals surface area contributed by atoms with Gasteiger partial charge in [0.25, 0.3) is 0 Å². The highest BCUT2D eigenvalue weighted by Crippen LogP contribution is 2.50. The van der Waals surface area contributed by atoms with Crippen LogP contribution in [0, 0.1) is 11.3 Å². The van der Waals surface area contributed by atoms with Crippen LogP contribution in [0.4, 0.5) is 9.80 Å². The molecule has 0 unspecified atom stereocenters. The number of anilines is 1. The zero-order valence-corrected chi connectivity index (χ0v) is 31.4. The van der Waals surface area contributed by atoms with Crippen molar-refractivity contribution in [2.45, 2.75) is 123 Å². The number of aromatic nitrogens is 5. The van der Waals surface area contributed by atoms with Gasteiger partial charge in [-0.05, 0) is 92.3 Å². The molecular formula is C37H47N9O4S. The largest absolute Gasteiger partial charge is 0.473 e. The van der Waals surface area contributed by atoms with Crippen LogP contribution in [-0.2, 0) is 36.1 Å². The standard InChI is InChI=1S/C37H47N9O4S/c1-8-11-23-31(43-50-32(23)37(6)14-9-13-27-30(37)24(17-38)33(39)51-27)34-40-28(16-29(41-34)48-21(2)26-12-10-15-44(26)7)46-19-22-18-45(20-25(22)42-46)35(47)49-36(3,4)5/h16,19,21,26H,8-15,18,20,39H2,1-7H3/t21-,26-,37-/m0/s1. The number of fused-ring (bicyclic) bond motifs is 2. The molecule has 13 nitrogen and oxygen atoms in total. The highest BCUT2D eigenvalue weighted by molar-refractivity contribution is 7.16. The third-order valence-electron chi connectivity index (χ3n) is 10.3. The first-order chi connectivity index (χ1) is 24.3. The average molecular weight is 714 g/mol. The van der Waals surface area contributed by atoms with Gasteiger partial charge in [-0.25, -0.2) is 14.5 Å². The summed E-state index contributed by atoms with van der Waals surface area (Å²) in [6.45, 7) is 13.7. The highest BCUT2D eigenvalue weighted by atomic mass is 32.1. The summed E-state index contributed by atoms with van der Waals surface area (Å²) in [7, 11) is 2.13. The molecule has 7 rings (SSSR count). The van der Waals surface area contributed by atoms with Crippen molar-refractivity contribution in [1.29, 1.82) is 5.26 Å². The van der Waals surface area contributed by atoms with Crippen molar-refractivity contribution in [3.8, 4) is 29.3 Å². The van der Waals surface area contributed by atoms with Crippen LogP contribution in [0.2, 0.25) is 0 Å². The number of nitriles is 1. The third kappa shape index (κ3) is 6.46. The molecule has 3 aliphatic rings. The molecule has 0 radical (unpaired) electrons. The number of nitrogen functional groups attached to an aromatic ring is 1. The molecule has 0 spiro atoms. The summed E-state index contributed by atoms with van der Waals surface area (Å²) in [6.07, 6.45) is 7.76. The number of hydrogen-bond donors (Lipinski definition) is 1. The summed E-state index contributed by atoms with van der Waals surface area (Å²) in [5.74, 6) is 2.05. The Labute approximate surface area is 302 Å². The van der Waals surface area contributed by atoms with Gasteiger partial charge in [-0.15, -0.1) is 11.3 Å². The predicted octanol–water partition coefficient (Wildman–Crippen LogP) is 6.54. The van der Waals surface area contributed by atoms with Gasteiger partial charge in [0.1, 0.15) is 22.8 Å². The lowest BCUT2D eigenvalue weighted by Crippen LogP contribution is -2.38. The molecule has 1 saturated heterocycles. The number of nitrogens with zero attached hydrogens (tertiary/aromatic N) is 8. The van der Waals surface area contributed by atoms with E-state index in [1.165, 1.54) is 11.3 Å². The number of nitrogens with two attached hydrogens (primary N) is 1. The molecule has 270 valence electrons. The molecule has 51 heavy (non-hydrogen) atoms. The van der Waals surface area contributed by atoms with E-state index < -0.39 is 11.0 Å². The molecular weight excluding hydrogens is 667 g/mol. The number of carbonyl (C=O) groups is 1. The zero-order chi connectivity index (χ0) is 36.2. The van der Waals surface area contributed by atoms with Gasteiger partial charge in [-0.3, -0.25) is 9.80 Å². The molecule has 0 aromatic carbocycles. The molecule has 3 atom stereocenters. The monoisotopic (exact) mass is 713 g/mol. The molecule has 14 heteroatoms. The van der Waals surface area contributed by atoms with E-state index in [2.05, 4.69) is 43.9 Å². The quantitative estimate of drug-likeness (QED) is 0.211. The Hall–Kier alpha value is -4.48. The molecule has 2 N–H and O–H groups in total. The third-order valence-corrected chi connectivity index (χ3v) is 11.4. The molecule has 4 aromatic rings. The fourth-order valence-electron chi connectivity index (χ4n) is 7.94. The van der Waals surface area contributed by atoms with Gasteiger partial charge in [-0.2, -0.15) is 15.3 Å². The molecule has 6 heterocycles. The van der Waals surface area contributed by atoms with Gasteiger partial charge in [-0.1, -0.05) is 18.5 Å². The summed E-state index contributed by atoms with van der Waals surface area (Å²) in [4.78, 5) is 27.9. The summed E-state index contributed by atoms with van der Waals surface area (Å²) in [5.41, 5.74) is 9.86. The first kappa shape index (κ1) is 34.9. The lowest BCUT2D eigenvalue weighted by molar-refractivity contribution is 0.0239. The maximum absolute atomic E-state index is 12.8. The number of ether oxygens (including phenoxy) is 2. The van der Waals surface area contributed by atoms with Crippen molar-refractivity contribution in [2.75, 3.05) is 19.3 Å². The fourth-order valence-corrected chi connectivity index (χ4v) is 9.13. The van der Waals surface area contributed by atoms with Crippen molar-refractivity contribution in [3.05, 3.63) is 50.8 Å². The maximum atomic E-state index is 12.8. The van der Waals surface area contributed by atoms with E-state index in [0.717, 1.165) is 78.1 Å². The van der Waals surface area contributed by atoms with Crippen molar-refractivity contribution >= 4 is 22.4 Å². The Kier molecular flexibility index (Phi) is 9.08. The number of rotatable bonds is 8. The topological polar surface area (TPSA) is 161 Å². The van der Waals surface area contributed by atoms with Crippen LogP contribution in [0.25, 0.3) is 17.3 Å². The average Bonchev–Trinajstić information content (AvgIpc) is 3.88. The van der Waals surface area contributed by atoms with E-state index in [9.17, 15) is 10.1 Å². The van der Waals surface area contributed by atoms with Crippen LogP contribution in [-0.4, -0.2) is 72.1 Å². The second kappa shape index (κ2) is 13.2. The van der Waals surface area contributed by atoms with Crippen LogP contribution < -0.4 is 10.5 Å². The van der Waals surface area contributed by atoms with Crippen LogP contribution in [0.3, 0.4) is 0 Å². The Morgan fingerprint density at radius 1 is 1.27 bits per heavy atom. The van der Waals surface area contributed by atoms with Crippen LogP contribution in [0.5, 0.6) is 5.88 Å². The summed E-state index contributed by atoms with van der Waals surface area (Å²) >= 11 is 1.50. The number of hydrogen-bond acceptors (Lipinski definition) is 12. The number of likely N-dealkylation sites (tertiary alicyclic amines) is 1. The zero-order valence-electron chi connectivity index (χ0n) is 30.6. The van der Waals surface area contributed by atoms with E-state index in [4.69, 9.17) is 34.8 Å². The second-order valence-corrected chi connectivity index (χ2v) is 16.4. The Morgan fingerprint density at radius 3 is 2.76 bits per heavy atom. The summed E-state index contributed by atoms with van der Waals surface area (Å²) < 4.78 is 20.2. The second-order valence-electron chi connectivity index (χ2n) is 15.3. The van der Waals surface area contributed by atoms with Gasteiger partial charge < -0.3 is 19.7 Å². The minimum Gasteiger partial charge on any atom is -0.473 e. The van der Waals surface area contributed by atoms with E-state index in [1.54, 1.807) is 9.58 Å². The number of likely N-dealkylation sites (N-methyl/N-ethyl adjacent to an activating group) is 1.